The van der Waals surface area contributed by atoms with Crippen LogP contribution in [0, 0.1) is 56.8 Å². The van der Waals surface area contributed by atoms with E-state index >= 15 is 0 Å². The molecule has 5 nitrogen and oxygen atoms in total. The normalized spacial score (nSPS) is 39.6. The fourth-order valence-corrected chi connectivity index (χ4v) is 12.5. The lowest BCUT2D eigenvalue weighted by Gasteiger charge is -2.71. The van der Waals surface area contributed by atoms with E-state index in [2.05, 4.69) is 70.4 Å². The third-order valence-corrected chi connectivity index (χ3v) is 15.2. The molecule has 5 heteroatoms. The first-order chi connectivity index (χ1) is 22.6. The number of allylic oxidation sites excluding steroid dienone is 2. The van der Waals surface area contributed by atoms with E-state index in [4.69, 9.17) is 11.3 Å². The van der Waals surface area contributed by atoms with Gasteiger partial charge in [-0.1, -0.05) is 84.4 Å². The molecule has 2 unspecified atom stereocenters. The Morgan fingerprint density at radius 3 is 2.27 bits per heavy atom. The fourth-order valence-electron chi connectivity index (χ4n) is 12.5. The van der Waals surface area contributed by atoms with Gasteiger partial charge in [0.1, 0.15) is 6.61 Å². The maximum atomic E-state index is 14.6. The minimum Gasteiger partial charge on any atom is -0.460 e. The molecular weight excluding hydrogens is 592 g/mol. The highest BCUT2D eigenvalue weighted by Gasteiger charge is 2.72. The van der Waals surface area contributed by atoms with Gasteiger partial charge in [-0.05, 0) is 120 Å². The zero-order valence-corrected chi connectivity index (χ0v) is 30.2. The average Bonchev–Trinajstić information content (AvgIpc) is 3.06. The molecule has 5 aliphatic carbocycles. The second-order valence-electron chi connectivity index (χ2n) is 18.3. The van der Waals surface area contributed by atoms with Crippen LogP contribution < -0.4 is 0 Å². The van der Waals surface area contributed by atoms with Crippen molar-refractivity contribution in [2.75, 3.05) is 0 Å². The first-order valence-corrected chi connectivity index (χ1v) is 18.4. The van der Waals surface area contributed by atoms with Crippen LogP contribution in [-0.2, 0) is 20.9 Å². The molecule has 254 valence electrons. The predicted molar refractivity (Wildman–Crippen MR) is 189 cm³/mol. The van der Waals surface area contributed by atoms with Crippen molar-refractivity contribution in [3.05, 3.63) is 83.0 Å². The molecule has 1 aromatic heterocycles. The average molecular weight is 647 g/mol. The topological polar surface area (TPSA) is 60.6 Å². The lowest BCUT2D eigenvalue weighted by molar-refractivity contribution is -0.191. The van der Waals surface area contributed by atoms with Crippen LogP contribution in [0.25, 0.3) is 10.4 Å². The quantitative estimate of drug-likeness (QED) is 0.245. The second-order valence-corrected chi connectivity index (χ2v) is 18.3. The summed E-state index contributed by atoms with van der Waals surface area (Å²) in [6.45, 7) is 24.9. The number of benzene rings is 1. The number of nitrogens with zero attached hydrogens (tertiary/aromatic N) is 2. The Balaban J connectivity index is 1.40. The van der Waals surface area contributed by atoms with Crippen LogP contribution in [0.3, 0.4) is 0 Å². The van der Waals surface area contributed by atoms with E-state index in [-0.39, 0.29) is 45.2 Å². The highest BCUT2D eigenvalue weighted by atomic mass is 16.5. The largest absolute Gasteiger partial charge is 0.460 e. The number of pyridine rings is 1. The first kappa shape index (κ1) is 33.2. The van der Waals surface area contributed by atoms with Crippen molar-refractivity contribution in [1.82, 2.24) is 4.98 Å². The maximum absolute atomic E-state index is 14.6. The minimum atomic E-state index is -0.580. The van der Waals surface area contributed by atoms with Gasteiger partial charge in [-0.2, -0.15) is 0 Å². The van der Waals surface area contributed by atoms with Crippen molar-refractivity contribution in [2.24, 2.45) is 50.2 Å². The van der Waals surface area contributed by atoms with E-state index < -0.39 is 16.9 Å². The van der Waals surface area contributed by atoms with Crippen molar-refractivity contribution < 1.29 is 14.3 Å². The summed E-state index contributed by atoms with van der Waals surface area (Å²) in [6.07, 6.45) is 12.0. The number of carbonyl (C=O) groups is 2. The Hall–Kier alpha value is -3.26. The smallest absolute Gasteiger partial charge is 0.313 e. The van der Waals surface area contributed by atoms with Gasteiger partial charge in [0, 0.05) is 24.2 Å². The molecule has 0 saturated heterocycles. The molecule has 4 saturated carbocycles. The van der Waals surface area contributed by atoms with Crippen LogP contribution in [0.5, 0.6) is 0 Å². The number of esters is 1. The molecule has 1 heterocycles. The Morgan fingerprint density at radius 2 is 1.58 bits per heavy atom. The Bertz CT molecular complexity index is 1690. The molecule has 7 rings (SSSR count). The van der Waals surface area contributed by atoms with E-state index in [1.54, 1.807) is 0 Å². The SMILES string of the molecule is [C-]#[N+]C1C[C@]2(C)C3CC(c4ccncc4)=C4[C@@H]5CC(C)(C)CC[C@]5(C(=O)OCc5ccccc5)CC[C@@]4(C)[C@]3(C)CC[C@H]2C(C)(C)C1=O. The monoisotopic (exact) mass is 646 g/mol. The molecule has 0 N–H and O–H groups in total. The third kappa shape index (κ3) is 4.64. The van der Waals surface area contributed by atoms with E-state index in [9.17, 15) is 9.59 Å². The molecular formula is C43H54N2O3. The van der Waals surface area contributed by atoms with Gasteiger partial charge in [0.2, 0.25) is 5.78 Å². The highest BCUT2D eigenvalue weighted by molar-refractivity contribution is 5.92. The molecule has 4 fully saturated rings. The standard InChI is InChI=1S/C43H54N2O3/c1-38(2)18-20-43(37(47)48-27-28-12-10-9-11-13-28)21-19-42(7)35(31(43)25-38)30(29-15-22-45-23-16-29)24-34-40(5)26-32(44-8)36(46)39(3,4)33(40)14-17-41(34,42)6/h9-13,15-16,22-23,31-34H,14,17-21,24-27H2,1-7H3/t31-,32?,33-,34?,40-,41+,42+,43-/m0/s1. The molecule has 48 heavy (non-hydrogen) atoms. The van der Waals surface area contributed by atoms with Gasteiger partial charge in [0.25, 0.3) is 6.04 Å². The second kappa shape index (κ2) is 11.1. The summed E-state index contributed by atoms with van der Waals surface area (Å²) in [6, 6.07) is 13.8. The van der Waals surface area contributed by atoms with Gasteiger partial charge in [0.05, 0.1) is 5.41 Å². The predicted octanol–water partition coefficient (Wildman–Crippen LogP) is 9.92. The van der Waals surface area contributed by atoms with E-state index in [1.165, 1.54) is 16.7 Å². The highest BCUT2D eigenvalue weighted by Crippen LogP contribution is 2.77. The van der Waals surface area contributed by atoms with Crippen molar-refractivity contribution in [2.45, 2.75) is 119 Å². The molecule has 0 bridgehead atoms. The summed E-state index contributed by atoms with van der Waals surface area (Å²) in [7, 11) is 0. The summed E-state index contributed by atoms with van der Waals surface area (Å²) in [5.41, 5.74) is 3.85. The molecule has 5 aliphatic rings. The number of ketones is 1. The summed E-state index contributed by atoms with van der Waals surface area (Å²) in [4.78, 5) is 36.7. The van der Waals surface area contributed by atoms with E-state index in [0.717, 1.165) is 56.9 Å². The van der Waals surface area contributed by atoms with E-state index in [1.807, 2.05) is 42.7 Å². The molecule has 1 aromatic carbocycles. The van der Waals surface area contributed by atoms with Crippen LogP contribution in [0.1, 0.15) is 117 Å². The number of fused-ring (bicyclic) bond motifs is 7. The Morgan fingerprint density at radius 1 is 0.896 bits per heavy atom. The molecule has 0 radical (unpaired) electrons. The molecule has 0 aliphatic heterocycles. The van der Waals surface area contributed by atoms with Gasteiger partial charge in [0.15, 0.2) is 0 Å². The van der Waals surface area contributed by atoms with Crippen LogP contribution in [0.2, 0.25) is 0 Å². The number of carbonyl (C=O) groups excluding carboxylic acids is 2. The maximum Gasteiger partial charge on any atom is 0.313 e. The zero-order chi connectivity index (χ0) is 34.3. The van der Waals surface area contributed by atoms with Crippen molar-refractivity contribution in [1.29, 1.82) is 0 Å². The van der Waals surface area contributed by atoms with Crippen molar-refractivity contribution in [3.63, 3.8) is 0 Å². The van der Waals surface area contributed by atoms with Gasteiger partial charge < -0.3 is 9.58 Å². The van der Waals surface area contributed by atoms with Gasteiger partial charge >= 0.3 is 5.97 Å². The molecule has 8 atom stereocenters. The van der Waals surface area contributed by atoms with Crippen molar-refractivity contribution in [3.8, 4) is 0 Å². The van der Waals surface area contributed by atoms with Crippen LogP contribution in [0.4, 0.5) is 0 Å². The van der Waals surface area contributed by atoms with Crippen LogP contribution in [0.15, 0.2) is 60.4 Å². The van der Waals surface area contributed by atoms with Crippen LogP contribution in [-0.4, -0.2) is 22.8 Å². The van der Waals surface area contributed by atoms with Gasteiger partial charge in [-0.25, -0.2) is 6.57 Å². The number of hydrogen-bond donors (Lipinski definition) is 0. The molecule has 2 aromatic rings. The van der Waals surface area contributed by atoms with Gasteiger partial charge in [-0.3, -0.25) is 14.6 Å². The zero-order valence-electron chi connectivity index (χ0n) is 30.2. The fraction of sp³-hybridized carbons (Fsp3) is 0.628. The van der Waals surface area contributed by atoms with Crippen LogP contribution >= 0.6 is 0 Å². The summed E-state index contributed by atoms with van der Waals surface area (Å²) < 4.78 is 6.29. The van der Waals surface area contributed by atoms with Gasteiger partial charge in [-0.15, -0.1) is 0 Å². The Labute approximate surface area is 288 Å². The Kier molecular flexibility index (Phi) is 7.71. The summed E-state index contributed by atoms with van der Waals surface area (Å²) >= 11 is 0. The number of hydrogen-bond acceptors (Lipinski definition) is 4. The number of ether oxygens (including phenoxy) is 1. The van der Waals surface area contributed by atoms with Crippen molar-refractivity contribution >= 4 is 17.3 Å². The number of Topliss-reactive ketones (excluding diaryl/α,β-unsaturated/α-hetero) is 1. The lowest BCUT2D eigenvalue weighted by atomic mass is 9.32. The number of aromatic nitrogens is 1. The summed E-state index contributed by atoms with van der Waals surface area (Å²) in [5, 5.41) is 0. The lowest BCUT2D eigenvalue weighted by Crippen LogP contribution is -2.66. The third-order valence-electron chi connectivity index (χ3n) is 15.2. The molecule has 0 spiro atoms. The van der Waals surface area contributed by atoms with E-state index in [0.29, 0.717) is 18.9 Å². The number of rotatable bonds is 4. The molecule has 0 amide bonds. The summed E-state index contributed by atoms with van der Waals surface area (Å²) in [5.74, 6) is 0.756. The minimum absolute atomic E-state index is 0.0223. The first-order valence-electron chi connectivity index (χ1n) is 18.4.